The molecule has 0 fully saturated rings. The van der Waals surface area contributed by atoms with E-state index in [4.69, 9.17) is 0 Å². The van der Waals surface area contributed by atoms with Gasteiger partial charge in [0.2, 0.25) is 5.91 Å². The monoisotopic (exact) mass is 223 g/mol. The lowest BCUT2D eigenvalue weighted by molar-refractivity contribution is -0.138. The molecule has 0 aliphatic rings. The Bertz CT molecular complexity index is 382. The van der Waals surface area contributed by atoms with E-state index in [0.29, 0.717) is 12.1 Å². The quantitative estimate of drug-likeness (QED) is 0.755. The highest BCUT2D eigenvalue weighted by molar-refractivity contribution is 5.81. The van der Waals surface area contributed by atoms with Crippen LogP contribution in [0, 0.1) is 11.2 Å². The Balaban J connectivity index is 2.76. The van der Waals surface area contributed by atoms with Gasteiger partial charge in [-0.05, 0) is 6.07 Å². The van der Waals surface area contributed by atoms with Crippen molar-refractivity contribution in [3.05, 3.63) is 35.6 Å². The van der Waals surface area contributed by atoms with Gasteiger partial charge in [-0.3, -0.25) is 4.79 Å². The van der Waals surface area contributed by atoms with Gasteiger partial charge in [-0.2, -0.15) is 0 Å². The minimum atomic E-state index is -0.431. The molecule has 0 atom stereocenters. The first-order valence-corrected chi connectivity index (χ1v) is 5.31. The third-order valence-corrected chi connectivity index (χ3v) is 2.35. The van der Waals surface area contributed by atoms with E-state index in [0.717, 1.165) is 0 Å². The Labute approximate surface area is 96.1 Å². The van der Waals surface area contributed by atoms with Crippen molar-refractivity contribution >= 4 is 5.91 Å². The Hall–Kier alpha value is -1.38. The molecule has 1 amide bonds. The van der Waals surface area contributed by atoms with Gasteiger partial charge < -0.3 is 4.90 Å². The highest BCUT2D eigenvalue weighted by Crippen LogP contribution is 2.18. The zero-order valence-electron chi connectivity index (χ0n) is 10.2. The third kappa shape index (κ3) is 3.05. The molecule has 1 aromatic carbocycles. The molecule has 0 radical (unpaired) electrons. The Morgan fingerprint density at radius 3 is 2.38 bits per heavy atom. The lowest BCUT2D eigenvalue weighted by atomic mass is 9.95. The van der Waals surface area contributed by atoms with Crippen molar-refractivity contribution in [1.29, 1.82) is 0 Å². The molecule has 16 heavy (non-hydrogen) atoms. The van der Waals surface area contributed by atoms with Crippen LogP contribution in [0.1, 0.15) is 26.3 Å². The molecular weight excluding hydrogens is 205 g/mol. The maximum atomic E-state index is 13.4. The molecule has 1 rings (SSSR count). The van der Waals surface area contributed by atoms with Gasteiger partial charge in [0.15, 0.2) is 0 Å². The van der Waals surface area contributed by atoms with E-state index in [1.165, 1.54) is 6.07 Å². The minimum absolute atomic E-state index is 0.00996. The number of hydrogen-bond acceptors (Lipinski definition) is 1. The van der Waals surface area contributed by atoms with Crippen molar-refractivity contribution in [2.45, 2.75) is 27.3 Å². The number of carbonyl (C=O) groups is 1. The molecule has 1 aromatic rings. The number of hydrogen-bond donors (Lipinski definition) is 0. The molecule has 0 bridgehead atoms. The second-order valence-electron chi connectivity index (χ2n) is 5.00. The van der Waals surface area contributed by atoms with Crippen molar-refractivity contribution < 1.29 is 9.18 Å². The van der Waals surface area contributed by atoms with Crippen LogP contribution in [-0.2, 0) is 11.3 Å². The second kappa shape index (κ2) is 4.64. The van der Waals surface area contributed by atoms with Crippen LogP contribution in [0.4, 0.5) is 4.39 Å². The fourth-order valence-electron chi connectivity index (χ4n) is 1.53. The molecule has 0 aliphatic heterocycles. The van der Waals surface area contributed by atoms with Gasteiger partial charge in [-0.1, -0.05) is 39.0 Å². The van der Waals surface area contributed by atoms with Crippen LogP contribution in [-0.4, -0.2) is 17.9 Å². The van der Waals surface area contributed by atoms with E-state index in [2.05, 4.69) is 0 Å². The van der Waals surface area contributed by atoms with Gasteiger partial charge in [0.05, 0.1) is 0 Å². The standard InChI is InChI=1S/C13H18FNO/c1-13(2,3)12(16)15(4)9-10-7-5-6-8-11(10)14/h5-8H,9H2,1-4H3. The molecule has 0 heterocycles. The van der Waals surface area contributed by atoms with Crippen LogP contribution in [0.2, 0.25) is 0 Å². The summed E-state index contributed by atoms with van der Waals surface area (Å²) in [6.45, 7) is 5.87. The molecule has 0 saturated heterocycles. The van der Waals surface area contributed by atoms with E-state index >= 15 is 0 Å². The van der Waals surface area contributed by atoms with Crippen molar-refractivity contribution in [2.75, 3.05) is 7.05 Å². The normalized spacial score (nSPS) is 11.3. The number of halogens is 1. The van der Waals surface area contributed by atoms with Crippen molar-refractivity contribution in [2.24, 2.45) is 5.41 Å². The lowest BCUT2D eigenvalue weighted by Crippen LogP contribution is -2.36. The molecule has 3 heteroatoms. The molecule has 0 unspecified atom stereocenters. The summed E-state index contributed by atoms with van der Waals surface area (Å²) in [5.74, 6) is -0.258. The number of rotatable bonds is 2. The lowest BCUT2D eigenvalue weighted by Gasteiger charge is -2.26. The molecule has 0 aliphatic carbocycles. The maximum Gasteiger partial charge on any atom is 0.227 e. The smallest absolute Gasteiger partial charge is 0.227 e. The van der Waals surface area contributed by atoms with E-state index < -0.39 is 5.41 Å². The highest BCUT2D eigenvalue weighted by atomic mass is 19.1. The molecule has 2 nitrogen and oxygen atoms in total. The predicted octanol–water partition coefficient (Wildman–Crippen LogP) is 2.83. The molecule has 0 aromatic heterocycles. The first-order valence-electron chi connectivity index (χ1n) is 5.31. The average molecular weight is 223 g/mol. The Morgan fingerprint density at radius 1 is 1.31 bits per heavy atom. The SMILES string of the molecule is CN(Cc1ccccc1F)C(=O)C(C)(C)C. The molecular formula is C13H18FNO. The summed E-state index contributed by atoms with van der Waals surface area (Å²) >= 11 is 0. The van der Waals surface area contributed by atoms with Crippen LogP contribution in [0.25, 0.3) is 0 Å². The number of nitrogens with zero attached hydrogens (tertiary/aromatic N) is 1. The van der Waals surface area contributed by atoms with Crippen molar-refractivity contribution in [3.63, 3.8) is 0 Å². The summed E-state index contributed by atoms with van der Waals surface area (Å²) in [5, 5.41) is 0. The van der Waals surface area contributed by atoms with E-state index in [9.17, 15) is 9.18 Å². The van der Waals surface area contributed by atoms with E-state index in [1.807, 2.05) is 20.8 Å². The Kier molecular flexibility index (Phi) is 3.68. The highest BCUT2D eigenvalue weighted by Gasteiger charge is 2.25. The summed E-state index contributed by atoms with van der Waals surface area (Å²) in [7, 11) is 1.69. The van der Waals surface area contributed by atoms with Gasteiger partial charge in [0.25, 0.3) is 0 Å². The summed E-state index contributed by atoms with van der Waals surface area (Å²) in [6.07, 6.45) is 0. The van der Waals surface area contributed by atoms with Crippen molar-refractivity contribution in [1.82, 2.24) is 4.90 Å². The Morgan fingerprint density at radius 2 is 1.88 bits per heavy atom. The second-order valence-corrected chi connectivity index (χ2v) is 5.00. The average Bonchev–Trinajstić information content (AvgIpc) is 2.19. The largest absolute Gasteiger partial charge is 0.341 e. The van der Waals surface area contributed by atoms with Gasteiger partial charge >= 0.3 is 0 Å². The zero-order chi connectivity index (χ0) is 12.3. The summed E-state index contributed by atoms with van der Waals surface area (Å²) < 4.78 is 13.4. The predicted molar refractivity (Wildman–Crippen MR) is 62.3 cm³/mol. The van der Waals surface area contributed by atoms with Crippen molar-refractivity contribution in [3.8, 4) is 0 Å². The first kappa shape index (κ1) is 12.7. The first-order chi connectivity index (χ1) is 7.32. The maximum absolute atomic E-state index is 13.4. The number of carbonyl (C=O) groups excluding carboxylic acids is 1. The van der Waals surface area contributed by atoms with Crippen LogP contribution in [0.5, 0.6) is 0 Å². The van der Waals surface area contributed by atoms with E-state index in [1.54, 1.807) is 30.1 Å². The molecule has 0 spiro atoms. The van der Waals surface area contributed by atoms with Crippen LogP contribution < -0.4 is 0 Å². The van der Waals surface area contributed by atoms with Gasteiger partial charge in [0, 0.05) is 24.6 Å². The number of benzene rings is 1. The van der Waals surface area contributed by atoms with Crippen LogP contribution >= 0.6 is 0 Å². The zero-order valence-corrected chi connectivity index (χ0v) is 10.2. The summed E-state index contributed by atoms with van der Waals surface area (Å²) in [4.78, 5) is 13.4. The summed E-state index contributed by atoms with van der Waals surface area (Å²) in [5.41, 5.74) is 0.114. The minimum Gasteiger partial charge on any atom is -0.341 e. The third-order valence-electron chi connectivity index (χ3n) is 2.35. The van der Waals surface area contributed by atoms with E-state index in [-0.39, 0.29) is 11.7 Å². The van der Waals surface area contributed by atoms with Gasteiger partial charge in [0.1, 0.15) is 5.82 Å². The van der Waals surface area contributed by atoms with Crippen LogP contribution in [0.15, 0.2) is 24.3 Å². The molecule has 88 valence electrons. The topological polar surface area (TPSA) is 20.3 Å². The van der Waals surface area contributed by atoms with Gasteiger partial charge in [-0.15, -0.1) is 0 Å². The fourth-order valence-corrected chi connectivity index (χ4v) is 1.53. The number of amides is 1. The molecule has 0 saturated carbocycles. The summed E-state index contributed by atoms with van der Waals surface area (Å²) in [6, 6.07) is 6.52. The van der Waals surface area contributed by atoms with Crippen LogP contribution in [0.3, 0.4) is 0 Å². The molecule has 0 N–H and O–H groups in total. The fraction of sp³-hybridized carbons (Fsp3) is 0.462. The van der Waals surface area contributed by atoms with Gasteiger partial charge in [-0.25, -0.2) is 4.39 Å².